The van der Waals surface area contributed by atoms with Crippen molar-refractivity contribution in [3.8, 4) is 11.1 Å². The summed E-state index contributed by atoms with van der Waals surface area (Å²) >= 11 is 0. The summed E-state index contributed by atoms with van der Waals surface area (Å²) in [7, 11) is 2.03. The fourth-order valence-electron chi connectivity index (χ4n) is 4.56. The second kappa shape index (κ2) is 8.53. The highest BCUT2D eigenvalue weighted by Gasteiger charge is 2.30. The van der Waals surface area contributed by atoms with Crippen LogP contribution in [0.15, 0.2) is 42.6 Å². The summed E-state index contributed by atoms with van der Waals surface area (Å²) in [5.74, 6) is -1.84. The van der Waals surface area contributed by atoms with E-state index in [-0.39, 0.29) is 28.5 Å². The van der Waals surface area contributed by atoms with Crippen LogP contribution in [0.1, 0.15) is 27.2 Å². The number of carbonyl (C=O) groups is 2. The molecule has 174 valence electrons. The standard InChI is InChI=1S/C26H24F2N4O2/c1-15-18(26(34)32-11-9-31(2)10-12-32)14-29-22(15)13-17-23-16(5-3-8-21(23)30-25(17)33)24-19(27)6-4-7-20(24)28/h3-8,13-14,29H,9-12H2,1-2H3,(H,30,33)/b17-13-. The molecule has 3 aromatic rings. The molecule has 8 heteroatoms. The molecule has 0 aliphatic carbocycles. The molecule has 0 bridgehead atoms. The Morgan fingerprint density at radius 3 is 2.38 bits per heavy atom. The molecule has 2 amide bonds. The monoisotopic (exact) mass is 462 g/mol. The summed E-state index contributed by atoms with van der Waals surface area (Å²) in [6.07, 6.45) is 3.29. The summed E-state index contributed by atoms with van der Waals surface area (Å²) < 4.78 is 29.2. The van der Waals surface area contributed by atoms with Gasteiger partial charge in [0.25, 0.3) is 11.8 Å². The molecule has 1 saturated heterocycles. The van der Waals surface area contributed by atoms with Gasteiger partial charge in [0.15, 0.2) is 0 Å². The van der Waals surface area contributed by atoms with E-state index in [1.54, 1.807) is 30.5 Å². The molecule has 0 saturated carbocycles. The van der Waals surface area contributed by atoms with Crippen molar-refractivity contribution in [1.29, 1.82) is 0 Å². The van der Waals surface area contributed by atoms with Crippen LogP contribution in [0.4, 0.5) is 14.5 Å². The van der Waals surface area contributed by atoms with Gasteiger partial charge < -0.3 is 20.1 Å². The van der Waals surface area contributed by atoms with Crippen molar-refractivity contribution in [2.24, 2.45) is 0 Å². The van der Waals surface area contributed by atoms with E-state index < -0.39 is 11.6 Å². The Hall–Kier alpha value is -3.78. The molecule has 0 unspecified atom stereocenters. The number of amides is 2. The number of piperazine rings is 1. The van der Waals surface area contributed by atoms with Crippen molar-refractivity contribution in [1.82, 2.24) is 14.8 Å². The Bertz CT molecular complexity index is 1320. The van der Waals surface area contributed by atoms with Crippen molar-refractivity contribution in [2.75, 3.05) is 38.5 Å². The van der Waals surface area contributed by atoms with E-state index in [0.29, 0.717) is 41.2 Å². The van der Waals surface area contributed by atoms with Crippen molar-refractivity contribution in [3.63, 3.8) is 0 Å². The summed E-state index contributed by atoms with van der Waals surface area (Å²) in [4.78, 5) is 33.0. The van der Waals surface area contributed by atoms with Gasteiger partial charge in [0.2, 0.25) is 0 Å². The first-order valence-corrected chi connectivity index (χ1v) is 11.1. The second-order valence-corrected chi connectivity index (χ2v) is 8.67. The van der Waals surface area contributed by atoms with Crippen molar-refractivity contribution in [3.05, 3.63) is 76.6 Å². The molecule has 1 aromatic heterocycles. The summed E-state index contributed by atoms with van der Waals surface area (Å²) in [5, 5.41) is 2.78. The number of anilines is 1. The third-order valence-corrected chi connectivity index (χ3v) is 6.55. The number of H-pyrrole nitrogens is 1. The minimum Gasteiger partial charge on any atom is -0.361 e. The number of rotatable bonds is 3. The average molecular weight is 463 g/mol. The largest absolute Gasteiger partial charge is 0.361 e. The highest BCUT2D eigenvalue weighted by atomic mass is 19.1. The van der Waals surface area contributed by atoms with Gasteiger partial charge in [0.05, 0.1) is 16.7 Å². The van der Waals surface area contributed by atoms with Gasteiger partial charge in [-0.2, -0.15) is 0 Å². The molecule has 0 atom stereocenters. The van der Waals surface area contributed by atoms with Gasteiger partial charge in [-0.25, -0.2) is 8.78 Å². The Kier molecular flexibility index (Phi) is 5.53. The molecule has 2 aliphatic rings. The molecule has 3 heterocycles. The first-order valence-electron chi connectivity index (χ1n) is 11.1. The number of hydrogen-bond acceptors (Lipinski definition) is 3. The Labute approximate surface area is 195 Å². The van der Waals surface area contributed by atoms with Crippen LogP contribution in [0, 0.1) is 18.6 Å². The Balaban J connectivity index is 1.55. The number of nitrogens with zero attached hydrogens (tertiary/aromatic N) is 2. The number of aromatic nitrogens is 1. The van der Waals surface area contributed by atoms with Crippen LogP contribution in [0.25, 0.3) is 22.8 Å². The number of benzene rings is 2. The quantitative estimate of drug-likeness (QED) is 0.575. The van der Waals surface area contributed by atoms with Crippen LogP contribution in [0.3, 0.4) is 0 Å². The third kappa shape index (κ3) is 3.70. The molecular formula is C26H24F2N4O2. The van der Waals surface area contributed by atoms with Crippen molar-refractivity contribution < 1.29 is 18.4 Å². The lowest BCUT2D eigenvalue weighted by Crippen LogP contribution is -2.47. The molecule has 2 aliphatic heterocycles. The summed E-state index contributed by atoms with van der Waals surface area (Å²) in [6.45, 7) is 4.77. The van der Waals surface area contributed by atoms with Gasteiger partial charge >= 0.3 is 0 Å². The number of halogens is 2. The predicted octanol–water partition coefficient (Wildman–Crippen LogP) is 4.15. The van der Waals surface area contributed by atoms with E-state index in [1.165, 1.54) is 18.2 Å². The van der Waals surface area contributed by atoms with E-state index in [0.717, 1.165) is 13.1 Å². The molecule has 2 N–H and O–H groups in total. The SMILES string of the molecule is Cc1c(C(=O)N2CCN(C)CC2)c[nH]c1/C=C1\C(=O)Nc2cccc(-c3c(F)cccc3F)c21. The van der Waals surface area contributed by atoms with Gasteiger partial charge in [-0.05, 0) is 49.4 Å². The van der Waals surface area contributed by atoms with E-state index in [1.807, 2.05) is 18.9 Å². The Morgan fingerprint density at radius 1 is 1.00 bits per heavy atom. The van der Waals surface area contributed by atoms with Gasteiger partial charge in [0, 0.05) is 49.3 Å². The fourth-order valence-corrected chi connectivity index (χ4v) is 4.56. The Morgan fingerprint density at radius 2 is 1.68 bits per heavy atom. The van der Waals surface area contributed by atoms with E-state index in [9.17, 15) is 18.4 Å². The minimum absolute atomic E-state index is 0.0584. The highest BCUT2D eigenvalue weighted by molar-refractivity contribution is 6.36. The summed E-state index contributed by atoms with van der Waals surface area (Å²) in [6, 6.07) is 8.63. The van der Waals surface area contributed by atoms with Gasteiger partial charge in [0.1, 0.15) is 11.6 Å². The zero-order valence-electron chi connectivity index (χ0n) is 18.9. The van der Waals surface area contributed by atoms with E-state index in [2.05, 4.69) is 15.2 Å². The number of fused-ring (bicyclic) bond motifs is 1. The normalized spacial score (nSPS) is 17.2. The first kappa shape index (κ1) is 22.0. The van der Waals surface area contributed by atoms with E-state index >= 15 is 0 Å². The minimum atomic E-state index is -0.705. The van der Waals surface area contributed by atoms with Gasteiger partial charge in [-0.3, -0.25) is 9.59 Å². The lowest BCUT2D eigenvalue weighted by atomic mass is 9.93. The maximum absolute atomic E-state index is 14.6. The van der Waals surface area contributed by atoms with Crippen molar-refractivity contribution >= 4 is 29.2 Å². The lowest BCUT2D eigenvalue weighted by molar-refractivity contribution is -0.110. The second-order valence-electron chi connectivity index (χ2n) is 8.67. The lowest BCUT2D eigenvalue weighted by Gasteiger charge is -2.32. The van der Waals surface area contributed by atoms with Crippen LogP contribution in [-0.4, -0.2) is 59.8 Å². The summed E-state index contributed by atoms with van der Waals surface area (Å²) in [5.41, 5.74) is 3.14. The average Bonchev–Trinajstić information content (AvgIpc) is 3.33. The number of carbonyl (C=O) groups excluding carboxylic acids is 2. The van der Waals surface area contributed by atoms with Crippen LogP contribution >= 0.6 is 0 Å². The van der Waals surface area contributed by atoms with E-state index in [4.69, 9.17) is 0 Å². The maximum atomic E-state index is 14.6. The van der Waals surface area contributed by atoms with Crippen LogP contribution < -0.4 is 5.32 Å². The molecule has 1 fully saturated rings. The van der Waals surface area contributed by atoms with Gasteiger partial charge in [-0.15, -0.1) is 0 Å². The van der Waals surface area contributed by atoms with Crippen LogP contribution in [0.5, 0.6) is 0 Å². The van der Waals surface area contributed by atoms with Crippen molar-refractivity contribution in [2.45, 2.75) is 6.92 Å². The van der Waals surface area contributed by atoms with Crippen LogP contribution in [0.2, 0.25) is 0 Å². The molecular weight excluding hydrogens is 438 g/mol. The zero-order chi connectivity index (χ0) is 24.0. The maximum Gasteiger partial charge on any atom is 0.256 e. The number of aromatic amines is 1. The third-order valence-electron chi connectivity index (χ3n) is 6.55. The molecule has 0 radical (unpaired) electrons. The number of hydrogen-bond donors (Lipinski definition) is 2. The topological polar surface area (TPSA) is 68.4 Å². The molecule has 0 spiro atoms. The smallest absolute Gasteiger partial charge is 0.256 e. The zero-order valence-corrected chi connectivity index (χ0v) is 18.9. The first-order chi connectivity index (χ1) is 16.3. The van der Waals surface area contributed by atoms with Crippen LogP contribution in [-0.2, 0) is 4.79 Å². The predicted molar refractivity (Wildman–Crippen MR) is 127 cm³/mol. The fraction of sp³-hybridized carbons (Fsp3) is 0.231. The molecule has 34 heavy (non-hydrogen) atoms. The number of likely N-dealkylation sites (N-methyl/N-ethyl adjacent to an activating group) is 1. The highest BCUT2D eigenvalue weighted by Crippen LogP contribution is 2.42. The van der Waals surface area contributed by atoms with Gasteiger partial charge in [-0.1, -0.05) is 18.2 Å². The number of nitrogens with one attached hydrogen (secondary N) is 2. The molecule has 2 aromatic carbocycles. The molecule has 6 nitrogen and oxygen atoms in total. The molecule has 5 rings (SSSR count).